The number of hydrogen-bond donors (Lipinski definition) is 1. The van der Waals surface area contributed by atoms with Crippen LogP contribution in [0.4, 0.5) is 17.1 Å². The monoisotopic (exact) mass is 265 g/mol. The van der Waals surface area contributed by atoms with Crippen LogP contribution in [0.5, 0.6) is 0 Å². The lowest BCUT2D eigenvalue weighted by molar-refractivity contribution is -0.384. The fraction of sp³-hybridized carbons (Fsp3) is 0.571. The predicted molar refractivity (Wildman–Crippen MR) is 80.0 cm³/mol. The first-order valence-electron chi connectivity index (χ1n) is 6.72. The molecular formula is C14H23N3O2. The molecule has 0 aliphatic rings. The fourth-order valence-electron chi connectivity index (χ4n) is 1.93. The van der Waals surface area contributed by atoms with E-state index in [0.717, 1.165) is 30.9 Å². The molecule has 1 aromatic carbocycles. The number of anilines is 2. The average Bonchev–Trinajstić information content (AvgIpc) is 2.38. The quantitative estimate of drug-likeness (QED) is 0.605. The number of rotatable bonds is 7. The summed E-state index contributed by atoms with van der Waals surface area (Å²) in [6.07, 6.45) is 1.10. The van der Waals surface area contributed by atoms with Gasteiger partial charge in [0.15, 0.2) is 0 Å². The molecule has 0 amide bonds. The summed E-state index contributed by atoms with van der Waals surface area (Å²) in [5, 5.41) is 14.1. The van der Waals surface area contributed by atoms with Gasteiger partial charge in [-0.15, -0.1) is 0 Å². The molecule has 0 heterocycles. The van der Waals surface area contributed by atoms with Gasteiger partial charge in [0.25, 0.3) is 5.69 Å². The number of nitro benzene ring substituents is 1. The van der Waals surface area contributed by atoms with Gasteiger partial charge in [-0.2, -0.15) is 0 Å². The van der Waals surface area contributed by atoms with Gasteiger partial charge in [0, 0.05) is 43.6 Å². The minimum atomic E-state index is -0.346. The maximum atomic E-state index is 11.0. The van der Waals surface area contributed by atoms with E-state index < -0.39 is 0 Å². The Kier molecular flexibility index (Phi) is 5.60. The van der Waals surface area contributed by atoms with Gasteiger partial charge in [0.05, 0.1) is 4.92 Å². The van der Waals surface area contributed by atoms with Crippen molar-refractivity contribution in [3.05, 3.63) is 28.3 Å². The van der Waals surface area contributed by atoms with Crippen molar-refractivity contribution in [1.29, 1.82) is 0 Å². The molecule has 5 heteroatoms. The minimum absolute atomic E-state index is 0.129. The third-order valence-corrected chi connectivity index (χ3v) is 3.22. The van der Waals surface area contributed by atoms with Crippen LogP contribution in [0, 0.1) is 16.0 Å². The third kappa shape index (κ3) is 4.43. The lowest BCUT2D eigenvalue weighted by Crippen LogP contribution is -2.23. The summed E-state index contributed by atoms with van der Waals surface area (Å²) in [5.74, 6) is 0.562. The van der Waals surface area contributed by atoms with Gasteiger partial charge in [-0.1, -0.05) is 20.3 Å². The molecule has 1 unspecified atom stereocenters. The molecule has 0 saturated heterocycles. The van der Waals surface area contributed by atoms with E-state index in [4.69, 9.17) is 0 Å². The molecule has 19 heavy (non-hydrogen) atoms. The standard InChI is InChI=1S/C14H23N3O2/c1-5-11(3)10-16(4)13-7-12(15-6-2)8-14(9-13)17(18)19/h7-9,11,15H,5-6,10H2,1-4H3. The van der Waals surface area contributed by atoms with Crippen molar-refractivity contribution in [1.82, 2.24) is 0 Å². The number of benzene rings is 1. The molecule has 1 atom stereocenters. The van der Waals surface area contributed by atoms with Crippen LogP contribution < -0.4 is 10.2 Å². The molecule has 0 bridgehead atoms. The summed E-state index contributed by atoms with van der Waals surface area (Å²) in [6.45, 7) is 7.94. The highest BCUT2D eigenvalue weighted by atomic mass is 16.6. The number of nitrogens with one attached hydrogen (secondary N) is 1. The molecule has 0 aliphatic carbocycles. The van der Waals surface area contributed by atoms with Gasteiger partial charge in [-0.05, 0) is 18.9 Å². The van der Waals surface area contributed by atoms with Crippen molar-refractivity contribution in [3.8, 4) is 0 Å². The minimum Gasteiger partial charge on any atom is -0.385 e. The van der Waals surface area contributed by atoms with Crippen molar-refractivity contribution in [2.24, 2.45) is 5.92 Å². The van der Waals surface area contributed by atoms with E-state index in [9.17, 15) is 10.1 Å². The van der Waals surface area contributed by atoms with Crippen LogP contribution in [-0.2, 0) is 0 Å². The highest BCUT2D eigenvalue weighted by Crippen LogP contribution is 2.27. The second-order valence-corrected chi connectivity index (χ2v) is 4.92. The Morgan fingerprint density at radius 1 is 1.37 bits per heavy atom. The molecule has 5 nitrogen and oxygen atoms in total. The largest absolute Gasteiger partial charge is 0.385 e. The van der Waals surface area contributed by atoms with Gasteiger partial charge < -0.3 is 10.2 Å². The highest BCUT2D eigenvalue weighted by molar-refractivity contribution is 5.64. The second kappa shape index (κ2) is 6.97. The number of nitrogens with zero attached hydrogens (tertiary/aromatic N) is 2. The Labute approximate surface area is 114 Å². The molecule has 1 rings (SSSR count). The zero-order valence-electron chi connectivity index (χ0n) is 12.1. The Bertz CT molecular complexity index is 435. The normalized spacial score (nSPS) is 12.0. The Morgan fingerprint density at radius 2 is 2.05 bits per heavy atom. The van der Waals surface area contributed by atoms with Gasteiger partial charge in [0.2, 0.25) is 0 Å². The molecular weight excluding hydrogens is 242 g/mol. The predicted octanol–water partition coefficient (Wildman–Crippen LogP) is 3.51. The summed E-state index contributed by atoms with van der Waals surface area (Å²) < 4.78 is 0. The van der Waals surface area contributed by atoms with Crippen LogP contribution in [0.15, 0.2) is 18.2 Å². The number of hydrogen-bond acceptors (Lipinski definition) is 4. The number of non-ortho nitro benzene ring substituents is 1. The van der Waals surface area contributed by atoms with Crippen molar-refractivity contribution in [2.45, 2.75) is 27.2 Å². The highest BCUT2D eigenvalue weighted by Gasteiger charge is 2.13. The van der Waals surface area contributed by atoms with E-state index in [1.807, 2.05) is 20.0 Å². The molecule has 0 fully saturated rings. The topological polar surface area (TPSA) is 58.4 Å². The maximum absolute atomic E-state index is 11.0. The Hall–Kier alpha value is -1.78. The van der Waals surface area contributed by atoms with Crippen molar-refractivity contribution >= 4 is 17.1 Å². The van der Waals surface area contributed by atoms with Crippen molar-refractivity contribution in [2.75, 3.05) is 30.4 Å². The molecule has 0 spiro atoms. The van der Waals surface area contributed by atoms with Gasteiger partial charge >= 0.3 is 0 Å². The maximum Gasteiger partial charge on any atom is 0.273 e. The number of nitro groups is 1. The Balaban J connectivity index is 3.01. The zero-order chi connectivity index (χ0) is 14.4. The molecule has 106 valence electrons. The van der Waals surface area contributed by atoms with E-state index >= 15 is 0 Å². The van der Waals surface area contributed by atoms with E-state index in [-0.39, 0.29) is 10.6 Å². The van der Waals surface area contributed by atoms with Crippen molar-refractivity contribution < 1.29 is 4.92 Å². The SMILES string of the molecule is CCNc1cc(N(C)CC(C)CC)cc([N+](=O)[O-])c1. The third-order valence-electron chi connectivity index (χ3n) is 3.22. The summed E-state index contributed by atoms with van der Waals surface area (Å²) in [5.41, 5.74) is 1.80. The first-order valence-corrected chi connectivity index (χ1v) is 6.72. The van der Waals surface area contributed by atoms with E-state index in [1.165, 1.54) is 0 Å². The average molecular weight is 265 g/mol. The molecule has 0 radical (unpaired) electrons. The van der Waals surface area contributed by atoms with Crippen LogP contribution in [0.2, 0.25) is 0 Å². The molecule has 1 aromatic rings. The summed E-state index contributed by atoms with van der Waals surface area (Å²) >= 11 is 0. The van der Waals surface area contributed by atoms with Gasteiger partial charge in [0.1, 0.15) is 0 Å². The van der Waals surface area contributed by atoms with Gasteiger partial charge in [-0.3, -0.25) is 10.1 Å². The van der Waals surface area contributed by atoms with E-state index in [1.54, 1.807) is 12.1 Å². The van der Waals surface area contributed by atoms with Crippen LogP contribution in [0.25, 0.3) is 0 Å². The van der Waals surface area contributed by atoms with Crippen LogP contribution in [0.3, 0.4) is 0 Å². The lowest BCUT2D eigenvalue weighted by atomic mass is 10.1. The van der Waals surface area contributed by atoms with Crippen LogP contribution in [-0.4, -0.2) is 25.1 Å². The summed E-state index contributed by atoms with van der Waals surface area (Å²) in [6, 6.07) is 5.16. The van der Waals surface area contributed by atoms with Crippen molar-refractivity contribution in [3.63, 3.8) is 0 Å². The zero-order valence-corrected chi connectivity index (χ0v) is 12.1. The van der Waals surface area contributed by atoms with Crippen LogP contribution >= 0.6 is 0 Å². The fourth-order valence-corrected chi connectivity index (χ4v) is 1.93. The molecule has 0 aromatic heterocycles. The molecule has 1 N–H and O–H groups in total. The van der Waals surface area contributed by atoms with Crippen LogP contribution in [0.1, 0.15) is 27.2 Å². The van der Waals surface area contributed by atoms with E-state index in [0.29, 0.717) is 5.92 Å². The smallest absolute Gasteiger partial charge is 0.273 e. The first kappa shape index (κ1) is 15.3. The Morgan fingerprint density at radius 3 is 2.58 bits per heavy atom. The molecule has 0 saturated carbocycles. The van der Waals surface area contributed by atoms with E-state index in [2.05, 4.69) is 24.1 Å². The summed E-state index contributed by atoms with van der Waals surface area (Å²) in [7, 11) is 1.97. The second-order valence-electron chi connectivity index (χ2n) is 4.92. The lowest BCUT2D eigenvalue weighted by Gasteiger charge is -2.23. The molecule has 0 aliphatic heterocycles. The summed E-state index contributed by atoms with van der Waals surface area (Å²) in [4.78, 5) is 12.7. The van der Waals surface area contributed by atoms with Gasteiger partial charge in [-0.25, -0.2) is 0 Å². The first-order chi connectivity index (χ1) is 8.97.